The first-order valence-electron chi connectivity index (χ1n) is 15.9. The van der Waals surface area contributed by atoms with Crippen molar-refractivity contribution in [2.75, 3.05) is 43.4 Å². The van der Waals surface area contributed by atoms with E-state index < -0.39 is 6.17 Å². The van der Waals surface area contributed by atoms with Crippen molar-refractivity contribution in [1.29, 1.82) is 0 Å². The van der Waals surface area contributed by atoms with Crippen LogP contribution in [0.5, 0.6) is 11.8 Å². The van der Waals surface area contributed by atoms with Gasteiger partial charge in [0.1, 0.15) is 24.3 Å². The Labute approximate surface area is 262 Å². The van der Waals surface area contributed by atoms with Crippen LogP contribution in [-0.4, -0.2) is 75.0 Å². The normalized spacial score (nSPS) is 24.7. The third-order valence-corrected chi connectivity index (χ3v) is 12.2. The van der Waals surface area contributed by atoms with E-state index in [1.165, 1.54) is 18.6 Å². The number of aromatic nitrogens is 2. The summed E-state index contributed by atoms with van der Waals surface area (Å²) in [6, 6.07) is 15.9. The molecule has 3 aromatic carbocycles. The molecule has 0 aliphatic carbocycles. The molecular weight excluding hydrogens is 571 g/mol. The molecule has 4 aliphatic heterocycles. The number of hydrogen-bond donors (Lipinski definition) is 1. The van der Waals surface area contributed by atoms with Crippen LogP contribution >= 0.6 is 11.8 Å². The fourth-order valence-corrected chi connectivity index (χ4v) is 9.73. The zero-order valence-corrected chi connectivity index (χ0v) is 25.7. The Kier molecular flexibility index (Phi) is 6.88. The minimum absolute atomic E-state index is 0.185. The number of aromatic hydroxyl groups is 1. The lowest BCUT2D eigenvalue weighted by Crippen LogP contribution is -2.43. The fraction of sp³-hybridized carbons (Fsp3) is 0.444. The van der Waals surface area contributed by atoms with Gasteiger partial charge in [-0.25, -0.2) is 4.39 Å². The minimum Gasteiger partial charge on any atom is -0.508 e. The Morgan fingerprint density at radius 1 is 1.05 bits per heavy atom. The number of nitrogens with zero attached hydrogens (tertiary/aromatic N) is 4. The maximum Gasteiger partial charge on any atom is 0.319 e. The third kappa shape index (κ3) is 4.76. The van der Waals surface area contributed by atoms with Crippen LogP contribution in [-0.2, 0) is 0 Å². The monoisotopic (exact) mass is 608 g/mol. The van der Waals surface area contributed by atoms with Crippen molar-refractivity contribution >= 4 is 39.3 Å². The number of anilines is 1. The van der Waals surface area contributed by atoms with Gasteiger partial charge in [-0.05, 0) is 97.7 Å². The van der Waals surface area contributed by atoms with Crippen LogP contribution in [0.15, 0.2) is 48.5 Å². The molecule has 226 valence electrons. The summed E-state index contributed by atoms with van der Waals surface area (Å²) < 4.78 is 21.3. The van der Waals surface area contributed by atoms with Crippen molar-refractivity contribution in [3.63, 3.8) is 0 Å². The molecule has 1 aromatic heterocycles. The average Bonchev–Trinajstić information content (AvgIpc) is 3.73. The number of thioether (sulfide) groups is 1. The van der Waals surface area contributed by atoms with Gasteiger partial charge in [-0.1, -0.05) is 24.1 Å². The van der Waals surface area contributed by atoms with E-state index in [0.29, 0.717) is 30.3 Å². The number of piperidine rings is 1. The molecule has 1 N–H and O–H groups in total. The van der Waals surface area contributed by atoms with Gasteiger partial charge in [-0.2, -0.15) is 21.7 Å². The number of benzene rings is 3. The highest BCUT2D eigenvalue weighted by atomic mass is 32.2. The number of fused-ring (bicyclic) bond motifs is 3. The first-order chi connectivity index (χ1) is 21.4. The predicted octanol–water partition coefficient (Wildman–Crippen LogP) is 6.96. The number of ether oxygens (including phenoxy) is 1. The van der Waals surface area contributed by atoms with Crippen LogP contribution in [0.4, 0.5) is 10.2 Å². The second-order valence-electron chi connectivity index (χ2n) is 13.1. The summed E-state index contributed by atoms with van der Waals surface area (Å²) in [5.41, 5.74) is 3.05. The highest BCUT2D eigenvalue weighted by Crippen LogP contribution is 2.47. The van der Waals surface area contributed by atoms with Crippen LogP contribution in [0.25, 0.3) is 32.8 Å². The second-order valence-corrected chi connectivity index (χ2v) is 14.7. The van der Waals surface area contributed by atoms with Gasteiger partial charge < -0.3 is 14.7 Å². The topological polar surface area (TPSA) is 61.7 Å². The number of rotatable bonds is 5. The minimum atomic E-state index is -0.811. The van der Waals surface area contributed by atoms with Crippen LogP contribution in [0, 0.1) is 12.3 Å². The molecule has 44 heavy (non-hydrogen) atoms. The Balaban J connectivity index is 1.20. The molecule has 8 rings (SSSR count). The van der Waals surface area contributed by atoms with Crippen molar-refractivity contribution in [2.24, 2.45) is 0 Å². The molecule has 8 heteroatoms. The van der Waals surface area contributed by atoms with E-state index in [-0.39, 0.29) is 11.3 Å². The summed E-state index contributed by atoms with van der Waals surface area (Å²) in [7, 11) is 0. The van der Waals surface area contributed by atoms with E-state index in [4.69, 9.17) is 21.1 Å². The molecule has 0 bridgehead atoms. The van der Waals surface area contributed by atoms with Gasteiger partial charge in [-0.3, -0.25) is 4.90 Å². The smallest absolute Gasteiger partial charge is 0.319 e. The molecule has 6 nitrogen and oxygen atoms in total. The molecule has 4 aromatic rings. The Bertz CT molecular complexity index is 1790. The quantitative estimate of drug-likeness (QED) is 0.246. The lowest BCUT2D eigenvalue weighted by Gasteiger charge is -2.39. The molecule has 4 fully saturated rings. The van der Waals surface area contributed by atoms with Crippen molar-refractivity contribution in [2.45, 2.75) is 61.4 Å². The van der Waals surface area contributed by atoms with Gasteiger partial charge in [0.25, 0.3) is 0 Å². The predicted molar refractivity (Wildman–Crippen MR) is 176 cm³/mol. The zero-order valence-electron chi connectivity index (χ0n) is 24.9. The Morgan fingerprint density at radius 2 is 1.93 bits per heavy atom. The van der Waals surface area contributed by atoms with E-state index in [1.54, 1.807) is 12.1 Å². The first-order valence-corrected chi connectivity index (χ1v) is 16.9. The molecule has 0 radical (unpaired) electrons. The van der Waals surface area contributed by atoms with Gasteiger partial charge in [0.2, 0.25) is 0 Å². The largest absolute Gasteiger partial charge is 0.508 e. The van der Waals surface area contributed by atoms with Crippen molar-refractivity contribution in [3.8, 4) is 35.2 Å². The number of hydrogen-bond acceptors (Lipinski definition) is 7. The number of halogens is 1. The number of terminal acetylenes is 1. The molecule has 4 aliphatic rings. The Hall–Kier alpha value is -3.54. The van der Waals surface area contributed by atoms with Gasteiger partial charge in [0.15, 0.2) is 0 Å². The fourth-order valence-electron chi connectivity index (χ4n) is 8.25. The molecule has 0 unspecified atom stereocenters. The van der Waals surface area contributed by atoms with E-state index >= 15 is 0 Å². The van der Waals surface area contributed by atoms with E-state index in [9.17, 15) is 9.50 Å². The molecule has 1 spiro atoms. The van der Waals surface area contributed by atoms with Crippen LogP contribution < -0.4 is 9.64 Å². The Morgan fingerprint density at radius 3 is 2.75 bits per heavy atom. The summed E-state index contributed by atoms with van der Waals surface area (Å²) >= 11 is 2.15. The van der Waals surface area contributed by atoms with Crippen molar-refractivity contribution in [3.05, 3.63) is 54.1 Å². The lowest BCUT2D eigenvalue weighted by molar-refractivity contribution is 0.107. The van der Waals surface area contributed by atoms with Gasteiger partial charge in [0, 0.05) is 47.1 Å². The van der Waals surface area contributed by atoms with Gasteiger partial charge >= 0.3 is 6.01 Å². The number of phenols is 1. The summed E-state index contributed by atoms with van der Waals surface area (Å²) in [4.78, 5) is 14.6. The number of alkyl halides is 1. The highest BCUT2D eigenvalue weighted by Gasteiger charge is 2.49. The maximum absolute atomic E-state index is 14.5. The summed E-state index contributed by atoms with van der Waals surface area (Å²) in [6.07, 6.45) is 12.5. The summed E-state index contributed by atoms with van der Waals surface area (Å²) in [5, 5.41) is 13.4. The van der Waals surface area contributed by atoms with Crippen LogP contribution in [0.3, 0.4) is 0 Å². The van der Waals surface area contributed by atoms with Gasteiger partial charge in [-0.15, -0.1) is 6.42 Å². The first kappa shape index (κ1) is 28.0. The van der Waals surface area contributed by atoms with E-state index in [0.717, 1.165) is 89.5 Å². The summed E-state index contributed by atoms with van der Waals surface area (Å²) in [6.45, 7) is 3.69. The average molecular weight is 609 g/mol. The number of phenolic OH excluding ortho intramolecular Hbond substituents is 1. The maximum atomic E-state index is 14.5. The van der Waals surface area contributed by atoms with Crippen LogP contribution in [0.1, 0.15) is 50.5 Å². The zero-order chi connectivity index (χ0) is 29.9. The van der Waals surface area contributed by atoms with Gasteiger partial charge in [0.05, 0.1) is 11.1 Å². The van der Waals surface area contributed by atoms with E-state index in [1.807, 2.05) is 18.2 Å². The second kappa shape index (κ2) is 10.8. The SMILES string of the molecule is C#Cc1cccc2cc(O)cc(-c3ccc4c(N5CCC6(CCCS6)CC5)nc(OC[C@@]56CCCN5C[C@H](F)C6)nc4c3)c12. The molecule has 5 heterocycles. The molecule has 4 saturated heterocycles. The molecule has 2 atom stereocenters. The third-order valence-electron chi connectivity index (χ3n) is 10.5. The van der Waals surface area contributed by atoms with Crippen LogP contribution in [0.2, 0.25) is 0 Å². The lowest BCUT2D eigenvalue weighted by atomic mass is 9.91. The highest BCUT2D eigenvalue weighted by molar-refractivity contribution is 8.00. The molecule has 0 saturated carbocycles. The van der Waals surface area contributed by atoms with E-state index in [2.05, 4.69) is 45.7 Å². The summed E-state index contributed by atoms with van der Waals surface area (Å²) in [5.74, 6) is 5.16. The van der Waals surface area contributed by atoms with Crippen molar-refractivity contribution < 1.29 is 14.2 Å². The molecule has 0 amide bonds. The van der Waals surface area contributed by atoms with Crippen molar-refractivity contribution in [1.82, 2.24) is 14.9 Å². The standard InChI is InChI=1S/C36H37FN4O2S/c1-2-24-6-3-7-26-18-28(42)20-30(32(24)26)25-8-9-29-31(19-25)38-34(43-23-35-10-4-14-41(35)22-27(37)21-35)39-33(29)40-15-12-36(13-16-40)11-5-17-44-36/h1,3,6-9,18-20,27,42H,4-5,10-17,21-23H2/t27-,35+/m1/s1. The molecular formula is C36H37FN4O2S.